The van der Waals surface area contributed by atoms with Crippen molar-refractivity contribution in [3.05, 3.63) is 41.6 Å². The lowest BCUT2D eigenvalue weighted by atomic mass is 10.3. The summed E-state index contributed by atoms with van der Waals surface area (Å²) in [5.41, 5.74) is 1.14. The van der Waals surface area contributed by atoms with Crippen LogP contribution in [0.2, 0.25) is 0 Å². The number of aryl methyl sites for hydroxylation is 1. The second-order valence-electron chi connectivity index (χ2n) is 4.53. The molecule has 0 amide bonds. The number of nitrogens with zero attached hydrogens (tertiary/aromatic N) is 2. The number of aromatic nitrogens is 2. The van der Waals surface area contributed by atoms with Crippen LogP contribution in [-0.2, 0) is 13.1 Å². The highest BCUT2D eigenvalue weighted by Crippen LogP contribution is 2.10. The van der Waals surface area contributed by atoms with Crippen molar-refractivity contribution in [1.82, 2.24) is 15.1 Å². The van der Waals surface area contributed by atoms with Crippen LogP contribution in [0.3, 0.4) is 0 Å². The van der Waals surface area contributed by atoms with Gasteiger partial charge in [-0.1, -0.05) is 13.8 Å². The highest BCUT2D eigenvalue weighted by atomic mass is 16.3. The fourth-order valence-electron chi connectivity index (χ4n) is 1.62. The fourth-order valence-corrected chi connectivity index (χ4v) is 1.62. The third-order valence-corrected chi connectivity index (χ3v) is 2.64. The zero-order chi connectivity index (χ0) is 12.3. The molecule has 92 valence electrons. The second-order valence-corrected chi connectivity index (χ2v) is 4.53. The van der Waals surface area contributed by atoms with Crippen LogP contribution in [0.5, 0.6) is 0 Å². The van der Waals surface area contributed by atoms with Crippen molar-refractivity contribution in [1.29, 1.82) is 0 Å². The fraction of sp³-hybridized carbons (Fsp3) is 0.462. The molecule has 0 atom stereocenters. The van der Waals surface area contributed by atoms with Gasteiger partial charge in [0.15, 0.2) is 0 Å². The zero-order valence-electron chi connectivity index (χ0n) is 10.6. The van der Waals surface area contributed by atoms with E-state index in [1.54, 1.807) is 6.20 Å². The van der Waals surface area contributed by atoms with E-state index in [-0.39, 0.29) is 0 Å². The minimum absolute atomic E-state index is 0.469. The van der Waals surface area contributed by atoms with E-state index in [0.29, 0.717) is 12.6 Å². The van der Waals surface area contributed by atoms with Crippen molar-refractivity contribution in [2.75, 3.05) is 0 Å². The SMILES string of the molecule is Cc1ccnn1Cc1ccc(CNC(C)C)o1. The molecule has 1 N–H and O–H groups in total. The van der Waals surface area contributed by atoms with Crippen molar-refractivity contribution in [3.63, 3.8) is 0 Å². The standard InChI is InChI=1S/C13H19N3O/c1-10(2)14-8-12-4-5-13(17-12)9-16-11(3)6-7-15-16/h4-7,10,14H,8-9H2,1-3H3. The molecular weight excluding hydrogens is 214 g/mol. The normalized spacial score (nSPS) is 11.3. The van der Waals surface area contributed by atoms with Crippen molar-refractivity contribution < 1.29 is 4.42 Å². The zero-order valence-corrected chi connectivity index (χ0v) is 10.6. The third kappa shape index (κ3) is 3.20. The molecule has 0 saturated carbocycles. The van der Waals surface area contributed by atoms with Gasteiger partial charge in [-0.15, -0.1) is 0 Å². The molecule has 0 spiro atoms. The lowest BCUT2D eigenvalue weighted by Crippen LogP contribution is -2.21. The summed E-state index contributed by atoms with van der Waals surface area (Å²) in [6.45, 7) is 7.75. The molecule has 4 nitrogen and oxygen atoms in total. The van der Waals surface area contributed by atoms with E-state index < -0.39 is 0 Å². The van der Waals surface area contributed by atoms with E-state index in [0.717, 1.165) is 23.8 Å². The lowest BCUT2D eigenvalue weighted by molar-refractivity contribution is 0.420. The van der Waals surface area contributed by atoms with Crippen LogP contribution in [0, 0.1) is 6.92 Å². The maximum atomic E-state index is 5.74. The summed E-state index contributed by atoms with van der Waals surface area (Å²) in [6.07, 6.45) is 1.81. The Morgan fingerprint density at radius 3 is 2.71 bits per heavy atom. The first-order valence-electron chi connectivity index (χ1n) is 5.94. The molecule has 0 aromatic carbocycles. The molecule has 2 aromatic rings. The summed E-state index contributed by atoms with van der Waals surface area (Å²) in [6, 6.07) is 6.49. The van der Waals surface area contributed by atoms with E-state index in [4.69, 9.17) is 4.42 Å². The number of hydrogen-bond donors (Lipinski definition) is 1. The van der Waals surface area contributed by atoms with Crippen LogP contribution in [0.4, 0.5) is 0 Å². The second kappa shape index (κ2) is 5.19. The summed E-state index contributed by atoms with van der Waals surface area (Å²) in [7, 11) is 0. The monoisotopic (exact) mass is 233 g/mol. The molecule has 0 unspecified atom stereocenters. The molecule has 4 heteroatoms. The van der Waals surface area contributed by atoms with Crippen molar-refractivity contribution in [2.24, 2.45) is 0 Å². The molecule has 0 bridgehead atoms. The number of hydrogen-bond acceptors (Lipinski definition) is 3. The van der Waals surface area contributed by atoms with E-state index in [9.17, 15) is 0 Å². The molecule has 2 rings (SSSR count). The Bertz CT molecular complexity index is 470. The van der Waals surface area contributed by atoms with E-state index in [1.165, 1.54) is 0 Å². The molecule has 0 fully saturated rings. The van der Waals surface area contributed by atoms with Crippen molar-refractivity contribution in [2.45, 2.75) is 39.9 Å². The smallest absolute Gasteiger partial charge is 0.125 e. The average Bonchev–Trinajstić information content (AvgIpc) is 2.87. The van der Waals surface area contributed by atoms with Gasteiger partial charge in [0.05, 0.1) is 13.1 Å². The summed E-state index contributed by atoms with van der Waals surface area (Å²) in [4.78, 5) is 0. The summed E-state index contributed by atoms with van der Waals surface area (Å²) in [5, 5.41) is 7.56. The minimum atomic E-state index is 0.469. The molecule has 2 heterocycles. The van der Waals surface area contributed by atoms with Gasteiger partial charge >= 0.3 is 0 Å². The predicted molar refractivity (Wildman–Crippen MR) is 66.7 cm³/mol. The van der Waals surface area contributed by atoms with Gasteiger partial charge in [0.1, 0.15) is 11.5 Å². The van der Waals surface area contributed by atoms with Gasteiger partial charge in [-0.05, 0) is 25.1 Å². The van der Waals surface area contributed by atoms with E-state index >= 15 is 0 Å². The summed E-state index contributed by atoms with van der Waals surface area (Å²) in [5.74, 6) is 1.91. The van der Waals surface area contributed by atoms with Crippen LogP contribution in [0.25, 0.3) is 0 Å². The highest BCUT2D eigenvalue weighted by Gasteiger charge is 2.05. The Hall–Kier alpha value is -1.55. The van der Waals surface area contributed by atoms with E-state index in [1.807, 2.05) is 29.8 Å². The van der Waals surface area contributed by atoms with Crippen LogP contribution in [0.15, 0.2) is 28.8 Å². The Kier molecular flexibility index (Phi) is 3.64. The van der Waals surface area contributed by atoms with Crippen LogP contribution in [0.1, 0.15) is 31.1 Å². The number of nitrogens with one attached hydrogen (secondary N) is 1. The first kappa shape index (κ1) is 11.9. The summed E-state index contributed by atoms with van der Waals surface area (Å²) >= 11 is 0. The van der Waals surface area contributed by atoms with E-state index in [2.05, 4.69) is 24.3 Å². The first-order chi connectivity index (χ1) is 8.15. The Labute approximate surface area is 102 Å². The Morgan fingerprint density at radius 2 is 2.06 bits per heavy atom. The predicted octanol–water partition coefficient (Wildman–Crippen LogP) is 2.33. The van der Waals surface area contributed by atoms with Gasteiger partial charge in [0.25, 0.3) is 0 Å². The molecule has 2 aromatic heterocycles. The topological polar surface area (TPSA) is 43.0 Å². The molecule has 0 saturated heterocycles. The quantitative estimate of drug-likeness (QED) is 0.862. The number of furan rings is 1. The van der Waals surface area contributed by atoms with Gasteiger partial charge in [0, 0.05) is 17.9 Å². The highest BCUT2D eigenvalue weighted by molar-refractivity contribution is 5.09. The van der Waals surface area contributed by atoms with Gasteiger partial charge in [-0.3, -0.25) is 4.68 Å². The maximum Gasteiger partial charge on any atom is 0.125 e. The maximum absolute atomic E-state index is 5.74. The lowest BCUT2D eigenvalue weighted by Gasteiger charge is -2.05. The van der Waals surface area contributed by atoms with Crippen molar-refractivity contribution >= 4 is 0 Å². The molecular formula is C13H19N3O. The van der Waals surface area contributed by atoms with Crippen LogP contribution < -0.4 is 5.32 Å². The molecule has 0 aliphatic heterocycles. The van der Waals surface area contributed by atoms with Crippen molar-refractivity contribution in [3.8, 4) is 0 Å². The minimum Gasteiger partial charge on any atom is -0.463 e. The van der Waals surface area contributed by atoms with Gasteiger partial charge in [0.2, 0.25) is 0 Å². The van der Waals surface area contributed by atoms with Crippen LogP contribution >= 0.6 is 0 Å². The molecule has 0 aliphatic rings. The first-order valence-corrected chi connectivity index (χ1v) is 5.94. The average molecular weight is 233 g/mol. The molecule has 17 heavy (non-hydrogen) atoms. The van der Waals surface area contributed by atoms with Gasteiger partial charge < -0.3 is 9.73 Å². The van der Waals surface area contributed by atoms with Gasteiger partial charge in [-0.25, -0.2) is 0 Å². The molecule has 0 aliphatic carbocycles. The molecule has 0 radical (unpaired) electrons. The Balaban J connectivity index is 1.97. The number of rotatable bonds is 5. The largest absolute Gasteiger partial charge is 0.463 e. The summed E-state index contributed by atoms with van der Waals surface area (Å²) < 4.78 is 7.67. The van der Waals surface area contributed by atoms with Crippen LogP contribution in [-0.4, -0.2) is 15.8 Å². The Morgan fingerprint density at radius 1 is 1.29 bits per heavy atom. The van der Waals surface area contributed by atoms with Gasteiger partial charge in [-0.2, -0.15) is 5.10 Å². The third-order valence-electron chi connectivity index (χ3n) is 2.64.